The lowest BCUT2D eigenvalue weighted by Crippen LogP contribution is -2.26. The molecule has 4 nitrogen and oxygen atoms in total. The van der Waals surface area contributed by atoms with Gasteiger partial charge >= 0.3 is 0 Å². The van der Waals surface area contributed by atoms with Gasteiger partial charge in [0.2, 0.25) is 0 Å². The standard InChI is InChI=1S/C8H16N4.C2H6/c1-11(2)8(4-9)7-5-10-12(3)6-7;1-2/h5-6,8H,4,9H2,1-3H3;1-2H3. The Balaban J connectivity index is 0.000000791. The first kappa shape index (κ1) is 13.1. The molecule has 4 heteroatoms. The van der Waals surface area contributed by atoms with Crippen molar-refractivity contribution < 1.29 is 0 Å². The summed E-state index contributed by atoms with van der Waals surface area (Å²) in [5.74, 6) is 0. The molecule has 1 aromatic rings. The second-order valence-electron chi connectivity index (χ2n) is 3.16. The molecule has 0 spiro atoms. The Labute approximate surface area is 86.7 Å². The Hall–Kier alpha value is -0.870. The van der Waals surface area contributed by atoms with Crippen molar-refractivity contribution >= 4 is 0 Å². The predicted octanol–water partition coefficient (Wildman–Crippen LogP) is 1.01. The summed E-state index contributed by atoms with van der Waals surface area (Å²) >= 11 is 0. The molecule has 1 rings (SSSR count). The minimum atomic E-state index is 0.277. The smallest absolute Gasteiger partial charge is 0.0538 e. The summed E-state index contributed by atoms with van der Waals surface area (Å²) in [5.41, 5.74) is 6.81. The highest BCUT2D eigenvalue weighted by atomic mass is 15.2. The molecule has 0 aliphatic rings. The quantitative estimate of drug-likeness (QED) is 0.788. The van der Waals surface area contributed by atoms with E-state index in [0.29, 0.717) is 6.54 Å². The van der Waals surface area contributed by atoms with Crippen LogP contribution in [0.3, 0.4) is 0 Å². The van der Waals surface area contributed by atoms with Crippen molar-refractivity contribution in [2.24, 2.45) is 12.8 Å². The zero-order valence-corrected chi connectivity index (χ0v) is 9.86. The maximum atomic E-state index is 5.64. The molecule has 14 heavy (non-hydrogen) atoms. The van der Waals surface area contributed by atoms with Crippen LogP contribution < -0.4 is 5.73 Å². The first-order valence-corrected chi connectivity index (χ1v) is 5.00. The van der Waals surface area contributed by atoms with Crippen LogP contribution in [0.5, 0.6) is 0 Å². The Morgan fingerprint density at radius 3 is 2.36 bits per heavy atom. The van der Waals surface area contributed by atoms with E-state index in [1.807, 2.05) is 47.4 Å². The van der Waals surface area contributed by atoms with Gasteiger partial charge in [0.25, 0.3) is 0 Å². The Morgan fingerprint density at radius 2 is 2.07 bits per heavy atom. The molecular weight excluding hydrogens is 176 g/mol. The van der Waals surface area contributed by atoms with Crippen LogP contribution in [0.25, 0.3) is 0 Å². The number of aromatic nitrogens is 2. The molecule has 0 aliphatic heterocycles. The van der Waals surface area contributed by atoms with Crippen LogP contribution in [0.4, 0.5) is 0 Å². The third-order valence-electron chi connectivity index (χ3n) is 1.96. The van der Waals surface area contributed by atoms with E-state index in [-0.39, 0.29) is 6.04 Å². The lowest BCUT2D eigenvalue weighted by Gasteiger charge is -2.20. The monoisotopic (exact) mass is 198 g/mol. The summed E-state index contributed by atoms with van der Waals surface area (Å²) in [6, 6.07) is 0.277. The molecule has 0 aromatic carbocycles. The van der Waals surface area contributed by atoms with Gasteiger partial charge in [-0.2, -0.15) is 5.10 Å². The Kier molecular flexibility index (Phi) is 6.16. The van der Waals surface area contributed by atoms with Crippen molar-refractivity contribution in [1.82, 2.24) is 14.7 Å². The summed E-state index contributed by atoms with van der Waals surface area (Å²) in [5, 5.41) is 4.10. The second kappa shape index (κ2) is 6.56. The molecule has 0 amide bonds. The van der Waals surface area contributed by atoms with E-state index >= 15 is 0 Å². The number of rotatable bonds is 3. The van der Waals surface area contributed by atoms with E-state index in [0.717, 1.165) is 0 Å². The van der Waals surface area contributed by atoms with E-state index in [1.54, 1.807) is 4.68 Å². The minimum Gasteiger partial charge on any atom is -0.329 e. The average Bonchev–Trinajstić information content (AvgIpc) is 2.56. The van der Waals surface area contributed by atoms with Gasteiger partial charge in [-0.05, 0) is 14.1 Å². The van der Waals surface area contributed by atoms with Crippen LogP contribution in [0, 0.1) is 0 Å². The third kappa shape index (κ3) is 3.47. The first-order valence-electron chi connectivity index (χ1n) is 5.00. The predicted molar refractivity (Wildman–Crippen MR) is 60.0 cm³/mol. The highest BCUT2D eigenvalue weighted by molar-refractivity contribution is 5.10. The fourth-order valence-electron chi connectivity index (χ4n) is 1.26. The second-order valence-corrected chi connectivity index (χ2v) is 3.16. The maximum Gasteiger partial charge on any atom is 0.0538 e. The van der Waals surface area contributed by atoms with Gasteiger partial charge < -0.3 is 10.6 Å². The number of hydrogen-bond acceptors (Lipinski definition) is 3. The summed E-state index contributed by atoms with van der Waals surface area (Å²) in [6.07, 6.45) is 3.86. The fourth-order valence-corrected chi connectivity index (χ4v) is 1.26. The molecule has 1 atom stereocenters. The minimum absolute atomic E-state index is 0.277. The van der Waals surface area contributed by atoms with Crippen molar-refractivity contribution in [1.29, 1.82) is 0 Å². The summed E-state index contributed by atoms with van der Waals surface area (Å²) in [4.78, 5) is 2.09. The Bertz CT molecular complexity index is 242. The number of aryl methyl sites for hydroxylation is 1. The van der Waals surface area contributed by atoms with E-state index in [9.17, 15) is 0 Å². The van der Waals surface area contributed by atoms with Crippen molar-refractivity contribution in [3.63, 3.8) is 0 Å². The molecule has 0 saturated heterocycles. The zero-order chi connectivity index (χ0) is 11.1. The average molecular weight is 198 g/mol. The molecule has 0 bridgehead atoms. The van der Waals surface area contributed by atoms with Crippen LogP contribution >= 0.6 is 0 Å². The van der Waals surface area contributed by atoms with Crippen molar-refractivity contribution in [3.8, 4) is 0 Å². The first-order chi connectivity index (χ1) is 6.65. The fraction of sp³-hybridized carbons (Fsp3) is 0.700. The topological polar surface area (TPSA) is 47.1 Å². The molecule has 0 saturated carbocycles. The lowest BCUT2D eigenvalue weighted by molar-refractivity contribution is 0.306. The highest BCUT2D eigenvalue weighted by Gasteiger charge is 2.12. The molecule has 0 radical (unpaired) electrons. The van der Waals surface area contributed by atoms with Gasteiger partial charge in [-0.1, -0.05) is 13.8 Å². The van der Waals surface area contributed by atoms with Gasteiger partial charge in [0, 0.05) is 31.4 Å². The van der Waals surface area contributed by atoms with Crippen molar-refractivity contribution in [2.75, 3.05) is 20.6 Å². The highest BCUT2D eigenvalue weighted by Crippen LogP contribution is 2.14. The SMILES string of the molecule is CC.CN(C)C(CN)c1cnn(C)c1. The number of nitrogens with two attached hydrogens (primary N) is 1. The van der Waals surface area contributed by atoms with Crippen LogP contribution in [-0.4, -0.2) is 35.3 Å². The van der Waals surface area contributed by atoms with Crippen LogP contribution in [0.2, 0.25) is 0 Å². The number of hydrogen-bond donors (Lipinski definition) is 1. The molecule has 0 fully saturated rings. The summed E-state index contributed by atoms with van der Waals surface area (Å²) < 4.78 is 1.79. The van der Waals surface area contributed by atoms with Gasteiger partial charge in [0.15, 0.2) is 0 Å². The molecule has 0 aliphatic carbocycles. The molecule has 82 valence electrons. The van der Waals surface area contributed by atoms with Crippen LogP contribution in [-0.2, 0) is 7.05 Å². The number of likely N-dealkylation sites (N-methyl/N-ethyl adjacent to an activating group) is 1. The molecular formula is C10H22N4. The van der Waals surface area contributed by atoms with Gasteiger partial charge in [-0.3, -0.25) is 4.68 Å². The van der Waals surface area contributed by atoms with Gasteiger partial charge in [-0.25, -0.2) is 0 Å². The van der Waals surface area contributed by atoms with Gasteiger partial charge in [-0.15, -0.1) is 0 Å². The van der Waals surface area contributed by atoms with E-state index < -0.39 is 0 Å². The summed E-state index contributed by atoms with van der Waals surface area (Å²) in [6.45, 7) is 4.62. The van der Waals surface area contributed by atoms with Crippen LogP contribution in [0.15, 0.2) is 12.4 Å². The van der Waals surface area contributed by atoms with Gasteiger partial charge in [0.05, 0.1) is 6.20 Å². The van der Waals surface area contributed by atoms with E-state index in [2.05, 4.69) is 10.00 Å². The maximum absolute atomic E-state index is 5.64. The Morgan fingerprint density at radius 1 is 1.50 bits per heavy atom. The number of nitrogens with zero attached hydrogens (tertiary/aromatic N) is 3. The van der Waals surface area contributed by atoms with Crippen molar-refractivity contribution in [3.05, 3.63) is 18.0 Å². The lowest BCUT2D eigenvalue weighted by atomic mass is 10.1. The molecule has 1 unspecified atom stereocenters. The normalized spacial score (nSPS) is 12.2. The van der Waals surface area contributed by atoms with Crippen LogP contribution in [0.1, 0.15) is 25.5 Å². The molecule has 1 aromatic heterocycles. The largest absolute Gasteiger partial charge is 0.329 e. The molecule has 1 heterocycles. The van der Waals surface area contributed by atoms with E-state index in [1.165, 1.54) is 5.56 Å². The molecule has 2 N–H and O–H groups in total. The van der Waals surface area contributed by atoms with Crippen molar-refractivity contribution in [2.45, 2.75) is 19.9 Å². The third-order valence-corrected chi connectivity index (χ3v) is 1.96. The van der Waals surface area contributed by atoms with Gasteiger partial charge in [0.1, 0.15) is 0 Å². The summed E-state index contributed by atoms with van der Waals surface area (Å²) in [7, 11) is 5.95. The van der Waals surface area contributed by atoms with E-state index in [4.69, 9.17) is 5.73 Å². The zero-order valence-electron chi connectivity index (χ0n) is 9.86.